The van der Waals surface area contributed by atoms with Crippen molar-refractivity contribution in [3.05, 3.63) is 59.2 Å². The van der Waals surface area contributed by atoms with E-state index in [-0.39, 0.29) is 5.41 Å². The Balaban J connectivity index is 1.81. The molecule has 1 aliphatic rings. The quantitative estimate of drug-likeness (QED) is 0.620. The maximum Gasteiger partial charge on any atom is 0.343 e. The lowest BCUT2D eigenvalue weighted by atomic mass is 9.77. The zero-order chi connectivity index (χ0) is 18.9. The first kappa shape index (κ1) is 18.0. The minimum absolute atomic E-state index is 0.0142. The van der Waals surface area contributed by atoms with Crippen LogP contribution in [-0.2, 0) is 10.2 Å². The third-order valence-electron chi connectivity index (χ3n) is 4.93. The van der Waals surface area contributed by atoms with Crippen LogP contribution in [0.4, 0.5) is 5.69 Å². The van der Waals surface area contributed by atoms with Gasteiger partial charge in [0.05, 0.1) is 18.2 Å². The molecule has 26 heavy (non-hydrogen) atoms. The van der Waals surface area contributed by atoms with Crippen LogP contribution in [0.2, 0.25) is 0 Å². The van der Waals surface area contributed by atoms with Gasteiger partial charge in [0.15, 0.2) is 0 Å². The molecule has 0 amide bonds. The minimum Gasteiger partial charge on any atom is -0.465 e. The van der Waals surface area contributed by atoms with Gasteiger partial charge in [0, 0.05) is 19.3 Å². The normalized spacial score (nSPS) is 15.2. The first-order valence-electron chi connectivity index (χ1n) is 8.58. The van der Waals surface area contributed by atoms with Crippen LogP contribution in [0, 0.1) is 0 Å². The average Bonchev–Trinajstić information content (AvgIpc) is 2.64. The predicted molar refractivity (Wildman–Crippen MR) is 100 cm³/mol. The van der Waals surface area contributed by atoms with Crippen LogP contribution in [0.1, 0.15) is 46.5 Å². The lowest BCUT2D eigenvalue weighted by Gasteiger charge is -2.38. The molecule has 0 saturated heterocycles. The van der Waals surface area contributed by atoms with E-state index in [2.05, 4.69) is 30.5 Å². The topological polar surface area (TPSA) is 55.8 Å². The van der Waals surface area contributed by atoms with Crippen molar-refractivity contribution in [2.45, 2.75) is 25.7 Å². The van der Waals surface area contributed by atoms with Gasteiger partial charge < -0.3 is 14.4 Å². The number of carbonyl (C=O) groups is 2. The Kier molecular flexibility index (Phi) is 4.72. The monoisotopic (exact) mass is 353 g/mol. The van der Waals surface area contributed by atoms with E-state index in [0.717, 1.165) is 24.2 Å². The van der Waals surface area contributed by atoms with Gasteiger partial charge in [-0.05, 0) is 59.9 Å². The summed E-state index contributed by atoms with van der Waals surface area (Å²) >= 11 is 0. The molecule has 0 fully saturated rings. The molecule has 5 heteroatoms. The number of rotatable bonds is 3. The minimum atomic E-state index is -0.427. The number of fused-ring (bicyclic) bond motifs is 1. The van der Waals surface area contributed by atoms with Crippen LogP contribution in [0.15, 0.2) is 42.5 Å². The SMILES string of the molecule is COC(=O)c1ccc(OC(=O)c2ccc3c(c2)C(C)(C)CCN3C)cc1. The smallest absolute Gasteiger partial charge is 0.343 e. The van der Waals surface area contributed by atoms with E-state index in [4.69, 9.17) is 4.74 Å². The zero-order valence-electron chi connectivity index (χ0n) is 15.5. The van der Waals surface area contributed by atoms with E-state index in [9.17, 15) is 9.59 Å². The van der Waals surface area contributed by atoms with E-state index in [1.54, 1.807) is 30.3 Å². The highest BCUT2D eigenvalue weighted by Gasteiger charge is 2.30. The van der Waals surface area contributed by atoms with Gasteiger partial charge in [-0.25, -0.2) is 9.59 Å². The standard InChI is InChI=1S/C21H23NO4/c1-21(2)11-12-22(3)18-10-7-15(13-17(18)21)20(24)26-16-8-5-14(6-9-16)19(23)25-4/h5-10,13H,11-12H2,1-4H3. The highest BCUT2D eigenvalue weighted by atomic mass is 16.5. The summed E-state index contributed by atoms with van der Waals surface area (Å²) in [5, 5.41) is 0. The second-order valence-corrected chi connectivity index (χ2v) is 7.19. The summed E-state index contributed by atoms with van der Waals surface area (Å²) in [5.41, 5.74) is 3.25. The number of nitrogens with zero attached hydrogens (tertiary/aromatic N) is 1. The van der Waals surface area contributed by atoms with Crippen molar-refractivity contribution in [1.29, 1.82) is 0 Å². The summed E-state index contributed by atoms with van der Waals surface area (Å²) in [6.07, 6.45) is 1.03. The summed E-state index contributed by atoms with van der Waals surface area (Å²) < 4.78 is 10.1. The van der Waals surface area contributed by atoms with Gasteiger partial charge in [0.1, 0.15) is 5.75 Å². The second-order valence-electron chi connectivity index (χ2n) is 7.19. The third kappa shape index (κ3) is 3.43. The van der Waals surface area contributed by atoms with Gasteiger partial charge >= 0.3 is 11.9 Å². The van der Waals surface area contributed by atoms with Crippen LogP contribution in [0.3, 0.4) is 0 Å². The van der Waals surface area contributed by atoms with Crippen molar-refractivity contribution in [2.75, 3.05) is 25.6 Å². The molecule has 0 atom stereocenters. The van der Waals surface area contributed by atoms with Crippen molar-refractivity contribution in [3.8, 4) is 5.75 Å². The van der Waals surface area contributed by atoms with Crippen LogP contribution in [0.25, 0.3) is 0 Å². The van der Waals surface area contributed by atoms with Gasteiger partial charge in [-0.3, -0.25) is 0 Å². The first-order valence-corrected chi connectivity index (χ1v) is 8.58. The summed E-state index contributed by atoms with van der Waals surface area (Å²) in [6, 6.07) is 12.0. The number of anilines is 1. The van der Waals surface area contributed by atoms with Crippen LogP contribution >= 0.6 is 0 Å². The number of methoxy groups -OCH3 is 1. The molecule has 0 radical (unpaired) electrons. The van der Waals surface area contributed by atoms with E-state index in [1.807, 2.05) is 12.1 Å². The van der Waals surface area contributed by atoms with Gasteiger partial charge in [-0.15, -0.1) is 0 Å². The van der Waals surface area contributed by atoms with Crippen molar-refractivity contribution in [1.82, 2.24) is 0 Å². The number of ether oxygens (including phenoxy) is 2. The van der Waals surface area contributed by atoms with Crippen molar-refractivity contribution < 1.29 is 19.1 Å². The molecule has 2 aromatic rings. The van der Waals surface area contributed by atoms with Crippen LogP contribution < -0.4 is 9.64 Å². The molecule has 5 nitrogen and oxygen atoms in total. The number of hydrogen-bond acceptors (Lipinski definition) is 5. The molecular weight excluding hydrogens is 330 g/mol. The number of hydrogen-bond donors (Lipinski definition) is 0. The molecule has 0 aromatic heterocycles. The van der Waals surface area contributed by atoms with Gasteiger partial charge in [0.25, 0.3) is 0 Å². The largest absolute Gasteiger partial charge is 0.465 e. The van der Waals surface area contributed by atoms with Crippen molar-refractivity contribution in [2.24, 2.45) is 0 Å². The Morgan fingerprint density at radius 2 is 1.65 bits per heavy atom. The Bertz CT molecular complexity index is 840. The molecule has 0 saturated carbocycles. The van der Waals surface area contributed by atoms with E-state index >= 15 is 0 Å². The molecule has 136 valence electrons. The molecule has 1 heterocycles. The predicted octanol–water partition coefficient (Wildman–Crippen LogP) is 3.81. The van der Waals surface area contributed by atoms with Crippen LogP contribution in [0.5, 0.6) is 5.75 Å². The Morgan fingerprint density at radius 3 is 2.31 bits per heavy atom. The molecule has 0 spiro atoms. The number of benzene rings is 2. The molecule has 3 rings (SSSR count). The van der Waals surface area contributed by atoms with E-state index < -0.39 is 11.9 Å². The Hall–Kier alpha value is -2.82. The molecule has 2 aromatic carbocycles. The molecular formula is C21H23NO4. The second kappa shape index (κ2) is 6.83. The summed E-state index contributed by atoms with van der Waals surface area (Å²) in [4.78, 5) is 26.2. The molecule has 0 bridgehead atoms. The molecule has 0 N–H and O–H groups in total. The molecule has 0 unspecified atom stereocenters. The Labute approximate surface area is 153 Å². The first-order chi connectivity index (χ1) is 12.3. The third-order valence-corrected chi connectivity index (χ3v) is 4.93. The maximum absolute atomic E-state index is 12.5. The van der Waals surface area contributed by atoms with E-state index in [1.165, 1.54) is 7.11 Å². The number of esters is 2. The summed E-state index contributed by atoms with van der Waals surface area (Å²) in [6.45, 7) is 5.38. The van der Waals surface area contributed by atoms with E-state index in [0.29, 0.717) is 16.9 Å². The zero-order valence-corrected chi connectivity index (χ0v) is 15.5. The van der Waals surface area contributed by atoms with Gasteiger partial charge in [0.2, 0.25) is 0 Å². The fourth-order valence-corrected chi connectivity index (χ4v) is 3.18. The average molecular weight is 353 g/mol. The fourth-order valence-electron chi connectivity index (χ4n) is 3.18. The fraction of sp³-hybridized carbons (Fsp3) is 0.333. The Morgan fingerprint density at radius 1 is 1.00 bits per heavy atom. The lowest BCUT2D eigenvalue weighted by Crippen LogP contribution is -2.35. The molecule has 1 aliphatic heterocycles. The van der Waals surface area contributed by atoms with Crippen molar-refractivity contribution in [3.63, 3.8) is 0 Å². The van der Waals surface area contributed by atoms with Crippen molar-refractivity contribution >= 4 is 17.6 Å². The number of carbonyl (C=O) groups excluding carboxylic acids is 2. The van der Waals surface area contributed by atoms with Gasteiger partial charge in [-0.2, -0.15) is 0 Å². The highest BCUT2D eigenvalue weighted by molar-refractivity contribution is 5.93. The maximum atomic E-state index is 12.5. The highest BCUT2D eigenvalue weighted by Crippen LogP contribution is 2.39. The lowest BCUT2D eigenvalue weighted by molar-refractivity contribution is 0.0600. The molecule has 0 aliphatic carbocycles. The summed E-state index contributed by atoms with van der Waals surface area (Å²) in [5.74, 6) is -0.455. The van der Waals surface area contributed by atoms with Gasteiger partial charge in [-0.1, -0.05) is 13.8 Å². The van der Waals surface area contributed by atoms with Crippen LogP contribution in [-0.4, -0.2) is 32.6 Å². The summed E-state index contributed by atoms with van der Waals surface area (Å²) in [7, 11) is 3.39.